The van der Waals surface area contributed by atoms with Crippen LogP contribution in [0, 0.1) is 5.92 Å². The molecule has 1 aliphatic heterocycles. The topological polar surface area (TPSA) is 70.6 Å². The predicted octanol–water partition coefficient (Wildman–Crippen LogP) is 2.49. The van der Waals surface area contributed by atoms with E-state index in [1.807, 2.05) is 41.8 Å². The number of rotatable bonds is 4. The van der Waals surface area contributed by atoms with E-state index in [-0.39, 0.29) is 17.7 Å². The summed E-state index contributed by atoms with van der Waals surface area (Å²) in [5, 5.41) is 8.63. The van der Waals surface area contributed by atoms with Crippen LogP contribution in [0.3, 0.4) is 0 Å². The highest BCUT2D eigenvalue weighted by molar-refractivity contribution is 9.10. The second kappa shape index (κ2) is 7.06. The Kier molecular flexibility index (Phi) is 4.88. The van der Waals surface area contributed by atoms with Gasteiger partial charge in [0, 0.05) is 27.2 Å². The van der Waals surface area contributed by atoms with Crippen molar-refractivity contribution in [2.75, 3.05) is 6.54 Å². The summed E-state index contributed by atoms with van der Waals surface area (Å²) in [4.78, 5) is 25.3. The summed E-state index contributed by atoms with van der Waals surface area (Å²) in [7, 11) is 0. The highest BCUT2D eigenvalue weighted by atomic mass is 79.9. The minimum Gasteiger partial charge on any atom is -0.355 e. The molecule has 2 amide bonds. The summed E-state index contributed by atoms with van der Waals surface area (Å²) in [6.07, 6.45) is 1.57. The Hall–Kier alpha value is -1.99. The molecule has 2 unspecified atom stereocenters. The van der Waals surface area contributed by atoms with Crippen molar-refractivity contribution in [1.29, 1.82) is 0 Å². The first kappa shape index (κ1) is 15.9. The van der Waals surface area contributed by atoms with Crippen LogP contribution < -0.4 is 10.7 Å². The third-order valence-corrected chi connectivity index (χ3v) is 5.27. The Bertz CT molecular complexity index is 745. The zero-order valence-corrected chi connectivity index (χ0v) is 14.4. The first-order chi connectivity index (χ1) is 11.1. The van der Waals surface area contributed by atoms with Gasteiger partial charge in [0.1, 0.15) is 5.92 Å². The zero-order chi connectivity index (χ0) is 16.2. The second-order valence-corrected chi connectivity index (χ2v) is 7.00. The van der Waals surface area contributed by atoms with E-state index in [2.05, 4.69) is 31.8 Å². The molecule has 1 fully saturated rings. The van der Waals surface area contributed by atoms with Crippen LogP contribution in [-0.4, -0.2) is 24.6 Å². The molecule has 2 atom stereocenters. The Labute approximate surface area is 145 Å². The Morgan fingerprint density at radius 2 is 2.17 bits per heavy atom. The predicted molar refractivity (Wildman–Crippen MR) is 93.4 cm³/mol. The fraction of sp³-hybridized carbons (Fsp3) is 0.188. The SMILES string of the molecule is O=C1NCC(c2ccccc2)C1C(=O)NN=Cc1cc(Br)cs1. The van der Waals surface area contributed by atoms with Gasteiger partial charge in [-0.25, -0.2) is 5.43 Å². The minimum absolute atomic E-state index is 0.171. The molecule has 7 heteroatoms. The van der Waals surface area contributed by atoms with E-state index >= 15 is 0 Å². The van der Waals surface area contributed by atoms with E-state index in [1.165, 1.54) is 11.3 Å². The lowest BCUT2D eigenvalue weighted by atomic mass is 9.88. The minimum atomic E-state index is -0.760. The molecule has 3 rings (SSSR count). The van der Waals surface area contributed by atoms with Crippen LogP contribution in [0.25, 0.3) is 0 Å². The van der Waals surface area contributed by atoms with Gasteiger partial charge in [-0.15, -0.1) is 11.3 Å². The fourth-order valence-corrected chi connectivity index (χ4v) is 3.86. The van der Waals surface area contributed by atoms with Crippen LogP contribution in [0.1, 0.15) is 16.4 Å². The number of benzene rings is 1. The van der Waals surface area contributed by atoms with E-state index in [9.17, 15) is 9.59 Å². The zero-order valence-electron chi connectivity index (χ0n) is 12.0. The molecule has 2 aromatic rings. The standard InChI is InChI=1S/C16H14BrN3O2S/c17-11-6-12(23-9-11)7-19-20-16(22)14-13(8-18-15(14)21)10-4-2-1-3-5-10/h1-7,9,13-14H,8H2,(H,18,21)(H,20,22). The van der Waals surface area contributed by atoms with Crippen molar-refractivity contribution in [3.8, 4) is 0 Å². The summed E-state index contributed by atoms with van der Waals surface area (Å²) in [6, 6.07) is 11.5. The Morgan fingerprint density at radius 3 is 2.87 bits per heavy atom. The van der Waals surface area contributed by atoms with Crippen LogP contribution >= 0.6 is 27.3 Å². The Morgan fingerprint density at radius 1 is 1.39 bits per heavy atom. The first-order valence-electron chi connectivity index (χ1n) is 7.05. The van der Waals surface area contributed by atoms with Gasteiger partial charge in [0.15, 0.2) is 0 Å². The number of hydrazone groups is 1. The molecule has 1 aromatic heterocycles. The van der Waals surface area contributed by atoms with Crippen molar-refractivity contribution in [2.45, 2.75) is 5.92 Å². The molecule has 2 heterocycles. The number of nitrogens with one attached hydrogen (secondary N) is 2. The van der Waals surface area contributed by atoms with Gasteiger partial charge in [-0.3, -0.25) is 9.59 Å². The number of hydrogen-bond donors (Lipinski definition) is 2. The highest BCUT2D eigenvalue weighted by Gasteiger charge is 2.40. The quantitative estimate of drug-likeness (QED) is 0.477. The number of halogens is 1. The number of amides is 2. The summed E-state index contributed by atoms with van der Waals surface area (Å²) in [5.41, 5.74) is 3.44. The molecule has 2 N–H and O–H groups in total. The van der Waals surface area contributed by atoms with Gasteiger partial charge in [0.2, 0.25) is 5.91 Å². The van der Waals surface area contributed by atoms with Crippen LogP contribution in [0.2, 0.25) is 0 Å². The largest absolute Gasteiger partial charge is 0.355 e. The van der Waals surface area contributed by atoms with Gasteiger partial charge in [-0.2, -0.15) is 5.10 Å². The molecule has 1 aliphatic rings. The lowest BCUT2D eigenvalue weighted by Crippen LogP contribution is -2.34. The van der Waals surface area contributed by atoms with Gasteiger partial charge in [0.05, 0.1) is 6.21 Å². The van der Waals surface area contributed by atoms with E-state index < -0.39 is 5.92 Å². The average Bonchev–Trinajstić information content (AvgIpc) is 3.14. The molecular weight excluding hydrogens is 378 g/mol. The van der Waals surface area contributed by atoms with E-state index in [0.717, 1.165) is 14.9 Å². The monoisotopic (exact) mass is 391 g/mol. The lowest BCUT2D eigenvalue weighted by Gasteiger charge is -2.15. The molecule has 5 nitrogen and oxygen atoms in total. The maximum absolute atomic E-state index is 12.3. The third kappa shape index (κ3) is 3.68. The summed E-state index contributed by atoms with van der Waals surface area (Å²) < 4.78 is 0.967. The summed E-state index contributed by atoms with van der Waals surface area (Å²) in [6.45, 7) is 0.461. The molecule has 118 valence electrons. The van der Waals surface area contributed by atoms with Crippen LogP contribution in [0.5, 0.6) is 0 Å². The van der Waals surface area contributed by atoms with Crippen molar-refractivity contribution >= 4 is 45.3 Å². The molecular formula is C16H14BrN3O2S. The normalized spacial score (nSPS) is 20.7. The van der Waals surface area contributed by atoms with Gasteiger partial charge in [-0.1, -0.05) is 30.3 Å². The fourth-order valence-electron chi connectivity index (χ4n) is 2.56. The van der Waals surface area contributed by atoms with E-state index in [4.69, 9.17) is 0 Å². The number of carbonyl (C=O) groups excluding carboxylic acids is 2. The van der Waals surface area contributed by atoms with Gasteiger partial charge in [0.25, 0.3) is 5.91 Å². The van der Waals surface area contributed by atoms with Crippen molar-refractivity contribution < 1.29 is 9.59 Å². The van der Waals surface area contributed by atoms with E-state index in [0.29, 0.717) is 6.54 Å². The highest BCUT2D eigenvalue weighted by Crippen LogP contribution is 2.29. The molecule has 1 saturated heterocycles. The number of thiophene rings is 1. The van der Waals surface area contributed by atoms with Crippen LogP contribution in [0.15, 0.2) is 51.4 Å². The summed E-state index contributed by atoms with van der Waals surface area (Å²) >= 11 is 4.86. The second-order valence-electron chi connectivity index (χ2n) is 5.14. The molecule has 0 saturated carbocycles. The van der Waals surface area contributed by atoms with Crippen LogP contribution in [0.4, 0.5) is 0 Å². The maximum atomic E-state index is 12.3. The molecule has 0 bridgehead atoms. The molecule has 0 radical (unpaired) electrons. The molecule has 0 aliphatic carbocycles. The van der Waals surface area contributed by atoms with Crippen molar-refractivity contribution in [3.05, 3.63) is 56.7 Å². The van der Waals surface area contributed by atoms with Gasteiger partial charge >= 0.3 is 0 Å². The molecule has 23 heavy (non-hydrogen) atoms. The molecule has 1 aromatic carbocycles. The lowest BCUT2D eigenvalue weighted by molar-refractivity contribution is -0.133. The smallest absolute Gasteiger partial charge is 0.253 e. The number of carbonyl (C=O) groups is 2. The van der Waals surface area contributed by atoms with Crippen molar-refractivity contribution in [1.82, 2.24) is 10.7 Å². The first-order valence-corrected chi connectivity index (χ1v) is 8.72. The third-order valence-electron chi connectivity index (χ3n) is 3.65. The summed E-state index contributed by atoms with van der Waals surface area (Å²) in [5.74, 6) is -1.58. The van der Waals surface area contributed by atoms with Crippen molar-refractivity contribution in [2.24, 2.45) is 11.0 Å². The number of hydrogen-bond acceptors (Lipinski definition) is 4. The van der Waals surface area contributed by atoms with E-state index in [1.54, 1.807) is 6.21 Å². The number of nitrogens with zero attached hydrogens (tertiary/aromatic N) is 1. The molecule has 0 spiro atoms. The van der Waals surface area contributed by atoms with Gasteiger partial charge in [-0.05, 0) is 27.6 Å². The Balaban J connectivity index is 1.69. The van der Waals surface area contributed by atoms with Crippen LogP contribution in [-0.2, 0) is 9.59 Å². The maximum Gasteiger partial charge on any atom is 0.253 e. The average molecular weight is 392 g/mol. The van der Waals surface area contributed by atoms with Gasteiger partial charge < -0.3 is 5.32 Å². The van der Waals surface area contributed by atoms with Crippen molar-refractivity contribution in [3.63, 3.8) is 0 Å².